The molecule has 0 radical (unpaired) electrons. The van der Waals surface area contributed by atoms with Crippen molar-refractivity contribution >= 4 is 43.6 Å². The van der Waals surface area contributed by atoms with Gasteiger partial charge in [0.25, 0.3) is 0 Å². The van der Waals surface area contributed by atoms with Gasteiger partial charge in [-0.15, -0.1) is 0 Å². The van der Waals surface area contributed by atoms with Crippen LogP contribution in [0.2, 0.25) is 0 Å². The maximum Gasteiger partial charge on any atom is 0.0998 e. The first kappa shape index (κ1) is 27.4. The van der Waals surface area contributed by atoms with E-state index in [1.165, 1.54) is 10.8 Å². The molecule has 0 fully saturated rings. The molecule has 0 unspecified atom stereocenters. The number of hydrogen-bond acceptors (Lipinski definition) is 2. The fourth-order valence-electron chi connectivity index (χ4n) is 7.34. The number of rotatable bonds is 4. The lowest BCUT2D eigenvalue weighted by Gasteiger charge is -2.18. The van der Waals surface area contributed by atoms with E-state index in [4.69, 9.17) is 0 Å². The molecule has 9 aromatic rings. The highest BCUT2D eigenvalue weighted by molar-refractivity contribution is 6.11. The van der Waals surface area contributed by atoms with Crippen molar-refractivity contribution < 1.29 is 0 Å². The summed E-state index contributed by atoms with van der Waals surface area (Å²) in [6, 6.07) is 58.9. The summed E-state index contributed by atoms with van der Waals surface area (Å²) in [4.78, 5) is 0. The Morgan fingerprint density at radius 1 is 0.375 bits per heavy atom. The van der Waals surface area contributed by atoms with Crippen molar-refractivity contribution in [2.45, 2.75) is 0 Å². The van der Waals surface area contributed by atoms with Crippen molar-refractivity contribution in [2.75, 3.05) is 0 Å². The van der Waals surface area contributed by atoms with Gasteiger partial charge in [0.15, 0.2) is 0 Å². The molecule has 2 heterocycles. The zero-order chi connectivity index (χ0) is 32.2. The first-order valence-corrected chi connectivity index (χ1v) is 15.9. The Morgan fingerprint density at radius 3 is 1.54 bits per heavy atom. The Hall–Kier alpha value is -6.88. The summed E-state index contributed by atoms with van der Waals surface area (Å²) in [5.41, 5.74) is 11.6. The Bertz CT molecular complexity index is 2760. The third-order valence-electron chi connectivity index (χ3n) is 9.42. The number of aromatic nitrogens is 2. The molecule has 7 aromatic carbocycles. The normalized spacial score (nSPS) is 11.3. The van der Waals surface area contributed by atoms with Crippen molar-refractivity contribution in [3.05, 3.63) is 169 Å². The summed E-state index contributed by atoms with van der Waals surface area (Å²) >= 11 is 0. The monoisotopic (exact) mass is 610 g/mol. The number of nitrogens with zero attached hydrogens (tertiary/aromatic N) is 4. The predicted octanol–water partition coefficient (Wildman–Crippen LogP) is 11.0. The number of benzene rings is 7. The van der Waals surface area contributed by atoms with Gasteiger partial charge in [-0.3, -0.25) is 0 Å². The maximum atomic E-state index is 10.4. The van der Waals surface area contributed by atoms with Crippen molar-refractivity contribution in [3.63, 3.8) is 0 Å². The van der Waals surface area contributed by atoms with E-state index in [0.29, 0.717) is 11.1 Å². The zero-order valence-electron chi connectivity index (χ0n) is 25.8. The van der Waals surface area contributed by atoms with E-state index in [9.17, 15) is 10.5 Å². The second-order valence-electron chi connectivity index (χ2n) is 12.0. The van der Waals surface area contributed by atoms with E-state index in [-0.39, 0.29) is 0 Å². The van der Waals surface area contributed by atoms with E-state index in [2.05, 4.69) is 137 Å². The Kier molecular flexibility index (Phi) is 6.22. The van der Waals surface area contributed by atoms with Gasteiger partial charge in [0.05, 0.1) is 51.0 Å². The van der Waals surface area contributed by atoms with Crippen LogP contribution in [0.25, 0.3) is 77.2 Å². The molecule has 0 amide bonds. The topological polar surface area (TPSA) is 57.4 Å². The fourth-order valence-corrected chi connectivity index (χ4v) is 7.34. The largest absolute Gasteiger partial charge is 0.309 e. The number of hydrogen-bond donors (Lipinski definition) is 0. The second kappa shape index (κ2) is 10.9. The molecule has 4 heteroatoms. The van der Waals surface area contributed by atoms with E-state index in [1.54, 1.807) is 0 Å². The molecule has 0 bridgehead atoms. The first-order chi connectivity index (χ1) is 23.7. The highest BCUT2D eigenvalue weighted by Gasteiger charge is 2.20. The average Bonchev–Trinajstić information content (AvgIpc) is 3.67. The van der Waals surface area contributed by atoms with Crippen LogP contribution in [0.3, 0.4) is 0 Å². The van der Waals surface area contributed by atoms with E-state index >= 15 is 0 Å². The van der Waals surface area contributed by atoms with Crippen molar-refractivity contribution in [2.24, 2.45) is 0 Å². The van der Waals surface area contributed by atoms with Gasteiger partial charge in [-0.1, -0.05) is 97.1 Å². The lowest BCUT2D eigenvalue weighted by atomic mass is 9.91. The minimum absolute atomic E-state index is 0.616. The van der Waals surface area contributed by atoms with E-state index in [1.807, 2.05) is 42.5 Å². The van der Waals surface area contributed by atoms with E-state index < -0.39 is 0 Å². The van der Waals surface area contributed by atoms with Crippen molar-refractivity contribution in [3.8, 4) is 45.8 Å². The molecule has 0 spiro atoms. The Balaban J connectivity index is 1.29. The fraction of sp³-hybridized carbons (Fsp3) is 0. The number of para-hydroxylation sites is 4. The van der Waals surface area contributed by atoms with Crippen LogP contribution in [0.4, 0.5) is 0 Å². The smallest absolute Gasteiger partial charge is 0.0998 e. The molecule has 4 nitrogen and oxygen atoms in total. The molecule has 0 aliphatic rings. The summed E-state index contributed by atoms with van der Waals surface area (Å²) in [7, 11) is 0. The summed E-state index contributed by atoms with van der Waals surface area (Å²) in [5, 5.41) is 24.6. The third-order valence-corrected chi connectivity index (χ3v) is 9.42. The molecule has 9 rings (SSSR count). The SMILES string of the molecule is N#Cc1ccc2c(c1)c1ccccc1n2-c1ccccc1-c1ccccc1-c1cc(-n2c3ccccc3c3ccccc32)ccc1C#N. The standard InChI is InChI=1S/C44H26N4/c45-27-29-21-24-44-39(25-29)37-16-6-10-20-43(37)48(44)42-19-9-3-13-34(42)32-11-1-2-12-33(32)38-26-31(23-22-30(38)28-46)47-40-17-7-4-14-35(40)36-15-5-8-18-41(36)47/h1-26H. The second-order valence-corrected chi connectivity index (χ2v) is 12.0. The predicted molar refractivity (Wildman–Crippen MR) is 195 cm³/mol. The summed E-state index contributed by atoms with van der Waals surface area (Å²) in [5.74, 6) is 0. The van der Waals surface area contributed by atoms with Gasteiger partial charge < -0.3 is 9.13 Å². The van der Waals surface area contributed by atoms with Crippen LogP contribution in [0.1, 0.15) is 11.1 Å². The van der Waals surface area contributed by atoms with Gasteiger partial charge in [0, 0.05) is 38.4 Å². The van der Waals surface area contributed by atoms with Crippen LogP contribution in [0, 0.1) is 22.7 Å². The summed E-state index contributed by atoms with van der Waals surface area (Å²) in [6.07, 6.45) is 0. The van der Waals surface area contributed by atoms with Gasteiger partial charge in [0.2, 0.25) is 0 Å². The lowest BCUT2D eigenvalue weighted by molar-refractivity contribution is 1.18. The minimum Gasteiger partial charge on any atom is -0.309 e. The minimum atomic E-state index is 0.616. The molecular formula is C44H26N4. The molecule has 2 aromatic heterocycles. The van der Waals surface area contributed by atoms with Crippen molar-refractivity contribution in [1.82, 2.24) is 9.13 Å². The highest BCUT2D eigenvalue weighted by atomic mass is 15.0. The van der Waals surface area contributed by atoms with Crippen LogP contribution in [-0.4, -0.2) is 9.13 Å². The molecule has 0 saturated heterocycles. The highest BCUT2D eigenvalue weighted by Crippen LogP contribution is 2.41. The lowest BCUT2D eigenvalue weighted by Crippen LogP contribution is -1.99. The summed E-state index contributed by atoms with van der Waals surface area (Å²) in [6.45, 7) is 0. The van der Waals surface area contributed by atoms with Gasteiger partial charge in [0.1, 0.15) is 0 Å². The van der Waals surface area contributed by atoms with Crippen molar-refractivity contribution in [1.29, 1.82) is 10.5 Å². The number of nitriles is 2. The van der Waals surface area contributed by atoms with Crippen LogP contribution in [-0.2, 0) is 0 Å². The van der Waals surface area contributed by atoms with Gasteiger partial charge >= 0.3 is 0 Å². The van der Waals surface area contributed by atoms with E-state index in [0.717, 1.165) is 66.5 Å². The molecule has 48 heavy (non-hydrogen) atoms. The maximum absolute atomic E-state index is 10.4. The zero-order valence-corrected chi connectivity index (χ0v) is 25.8. The quantitative estimate of drug-likeness (QED) is 0.199. The third kappa shape index (κ3) is 4.07. The number of fused-ring (bicyclic) bond motifs is 6. The Morgan fingerprint density at radius 2 is 0.896 bits per heavy atom. The van der Waals surface area contributed by atoms with Crippen LogP contribution < -0.4 is 0 Å². The van der Waals surface area contributed by atoms with Crippen LogP contribution >= 0.6 is 0 Å². The van der Waals surface area contributed by atoms with Crippen LogP contribution in [0.5, 0.6) is 0 Å². The molecule has 0 aliphatic heterocycles. The van der Waals surface area contributed by atoms with Crippen LogP contribution in [0.15, 0.2) is 158 Å². The molecule has 0 saturated carbocycles. The molecule has 0 N–H and O–H groups in total. The van der Waals surface area contributed by atoms with Gasteiger partial charge in [-0.05, 0) is 71.8 Å². The van der Waals surface area contributed by atoms with Gasteiger partial charge in [-0.2, -0.15) is 10.5 Å². The van der Waals surface area contributed by atoms with Gasteiger partial charge in [-0.25, -0.2) is 0 Å². The summed E-state index contributed by atoms with van der Waals surface area (Å²) < 4.78 is 4.58. The first-order valence-electron chi connectivity index (χ1n) is 15.9. The molecule has 0 aliphatic carbocycles. The molecule has 0 atom stereocenters. The average molecular weight is 611 g/mol. The Labute approximate surface area is 277 Å². The molecule has 222 valence electrons. The molecular weight excluding hydrogens is 585 g/mol.